The van der Waals surface area contributed by atoms with Crippen molar-refractivity contribution in [2.24, 2.45) is 41.4 Å². The molecule has 6 amide bonds. The summed E-state index contributed by atoms with van der Waals surface area (Å²) in [5, 5.41) is 31.8. The maximum Gasteiger partial charge on any atom is 0.488 e. The van der Waals surface area contributed by atoms with E-state index >= 15 is 28.8 Å². The lowest BCUT2D eigenvalue weighted by Gasteiger charge is -2.39. The molecular formula is C74H103BF2N6O13. The number of likely N-dealkylation sites (N-methyl/N-ethyl adjacent to an activating group) is 4. The molecule has 4 aromatic rings. The number of ether oxygens (including phenoxy) is 1. The quantitative estimate of drug-likeness (QED) is 0.0654. The lowest BCUT2D eigenvalue weighted by molar-refractivity contribution is -0.178. The molecule has 3 unspecified atom stereocenters. The summed E-state index contributed by atoms with van der Waals surface area (Å²) in [5.41, 5.74) is 0.729. The molecule has 6 rings (SSSR count). The summed E-state index contributed by atoms with van der Waals surface area (Å²) < 4.78 is 33.1. The minimum absolute atomic E-state index is 0.0442. The number of fused-ring (bicyclic) bond motifs is 1. The van der Waals surface area contributed by atoms with Gasteiger partial charge < -0.3 is 49.7 Å². The van der Waals surface area contributed by atoms with Crippen LogP contribution in [0.15, 0.2) is 103 Å². The summed E-state index contributed by atoms with van der Waals surface area (Å²) in [6.07, 6.45) is -0.488. The predicted octanol–water partition coefficient (Wildman–Crippen LogP) is 7.86. The molecule has 19 nitrogen and oxygen atoms in total. The zero-order valence-corrected chi connectivity index (χ0v) is 59.0. The number of carbonyl (C=O) groups is 9. The largest absolute Gasteiger partial charge is 0.488 e. The first-order chi connectivity index (χ1) is 45.0. The first-order valence-electron chi connectivity index (χ1n) is 33.7. The van der Waals surface area contributed by atoms with Crippen LogP contribution in [0, 0.1) is 53.1 Å². The fourth-order valence-corrected chi connectivity index (χ4v) is 13.3. The number of hydrogen-bond acceptors (Lipinski definition) is 13. The average Bonchev–Trinajstić information content (AvgIpc) is 1.32. The first kappa shape index (κ1) is 79.0. The average molecular weight is 1330 g/mol. The van der Waals surface area contributed by atoms with Gasteiger partial charge in [0, 0.05) is 78.2 Å². The van der Waals surface area contributed by atoms with E-state index in [-0.39, 0.29) is 68.2 Å². The van der Waals surface area contributed by atoms with Crippen molar-refractivity contribution in [3.05, 3.63) is 126 Å². The number of benzene rings is 4. The van der Waals surface area contributed by atoms with Gasteiger partial charge in [-0.2, -0.15) is 0 Å². The van der Waals surface area contributed by atoms with Crippen molar-refractivity contribution < 1.29 is 71.8 Å². The van der Waals surface area contributed by atoms with Crippen LogP contribution in [0.5, 0.6) is 0 Å². The van der Waals surface area contributed by atoms with Crippen LogP contribution in [-0.4, -0.2) is 182 Å². The monoisotopic (exact) mass is 1330 g/mol. The molecule has 2 heterocycles. The number of nitrogens with zero attached hydrogens (tertiary/aromatic N) is 5. The zero-order chi connectivity index (χ0) is 71.8. The van der Waals surface area contributed by atoms with Gasteiger partial charge >= 0.3 is 13.1 Å². The molecule has 2 aliphatic heterocycles. The lowest BCUT2D eigenvalue weighted by atomic mass is 9.80. The minimum atomic E-state index is -1.96. The summed E-state index contributed by atoms with van der Waals surface area (Å²) >= 11 is 0. The van der Waals surface area contributed by atoms with Gasteiger partial charge in [-0.05, 0) is 115 Å². The number of aliphatic hydroxyl groups is 1. The maximum absolute atomic E-state index is 15.7. The Morgan fingerprint density at radius 3 is 1.71 bits per heavy atom. The summed E-state index contributed by atoms with van der Waals surface area (Å²) in [4.78, 5) is 143. The fourth-order valence-electron chi connectivity index (χ4n) is 13.3. The number of ketones is 2. The van der Waals surface area contributed by atoms with Gasteiger partial charge in [-0.15, -0.1) is 0 Å². The van der Waals surface area contributed by atoms with E-state index in [9.17, 15) is 28.3 Å². The second-order valence-corrected chi connectivity index (χ2v) is 27.9. The number of halogens is 2. The molecule has 96 heavy (non-hydrogen) atoms. The second-order valence-electron chi connectivity index (χ2n) is 27.9. The normalized spacial score (nSPS) is 23.8. The summed E-state index contributed by atoms with van der Waals surface area (Å²) in [6, 6.07) is 19.8. The molecule has 22 heteroatoms. The van der Waals surface area contributed by atoms with Crippen molar-refractivity contribution in [3.63, 3.8) is 0 Å². The van der Waals surface area contributed by atoms with Gasteiger partial charge in [0.25, 0.3) is 5.91 Å². The van der Waals surface area contributed by atoms with Crippen LogP contribution >= 0.6 is 0 Å². The molecule has 524 valence electrons. The van der Waals surface area contributed by atoms with E-state index in [0.29, 0.717) is 41.5 Å². The molecule has 0 aliphatic carbocycles. The topological polar surface area (TPSA) is 252 Å². The Morgan fingerprint density at radius 2 is 1.17 bits per heavy atom. The summed E-state index contributed by atoms with van der Waals surface area (Å²) in [7, 11) is 4.17. The molecule has 0 radical (unpaired) electrons. The number of cyclic esters (lactones) is 1. The third-order valence-corrected chi connectivity index (χ3v) is 18.9. The number of hydrogen-bond donors (Lipinski definition) is 4. The van der Waals surface area contributed by atoms with Gasteiger partial charge in [-0.1, -0.05) is 155 Å². The van der Waals surface area contributed by atoms with Crippen molar-refractivity contribution in [2.75, 3.05) is 34.7 Å². The minimum Gasteiger partial charge on any atom is -0.450 e. The molecule has 2 saturated heterocycles. The van der Waals surface area contributed by atoms with Gasteiger partial charge in [0.15, 0.2) is 23.7 Å². The van der Waals surface area contributed by atoms with Crippen molar-refractivity contribution in [1.29, 1.82) is 0 Å². The van der Waals surface area contributed by atoms with Crippen molar-refractivity contribution in [1.82, 2.24) is 29.8 Å². The standard InChI is InChI=1S/C68H97FN6O11.C6H6BFO2/c1-17-43(9)51-39-55(76)53-31-24-32-75(53)65(82)54(36-46-27-22-28-47(34-46)48-29-23-30-50(69)37-48)71(13)64(81)52(35-45-25-20-19-21-26-45)70-61(78)58(42(7)8)73(15)66(83)59(44(10)18-2)86-67(84)60(68(11,12)85)74(16)62(79)49(33-40(3)4)38-56(77)57(41(5)6)72(14)63(51)80;8-6-3-1-2-5(4-6)7(9)10/h19-23,25-30,34,37,40-44,49,51-54,57-60,85H,17-18,24,31-33,35-36,38-39H2,1-16H3,(H,70,78);1-4,9-10H/t43?,44?,49?,51-,52-,53-,54-,57-,58-,59+,60+;/m0./s1. The Kier molecular flexibility index (Phi) is 29.2. The van der Waals surface area contributed by atoms with Crippen LogP contribution in [0.1, 0.15) is 139 Å². The molecule has 0 aromatic heterocycles. The second kappa shape index (κ2) is 35.5. The Balaban J connectivity index is 0.00000152. The van der Waals surface area contributed by atoms with E-state index in [1.807, 2.05) is 45.9 Å². The number of carbonyl (C=O) groups excluding carboxylic acids is 9. The highest BCUT2D eigenvalue weighted by Gasteiger charge is 2.48. The van der Waals surface area contributed by atoms with E-state index in [0.717, 1.165) is 11.0 Å². The molecule has 4 N–H and O–H groups in total. The number of nitrogens with one attached hydrogen (secondary N) is 1. The first-order valence-corrected chi connectivity index (χ1v) is 33.7. The molecule has 2 fully saturated rings. The number of Topliss-reactive ketones (excluding diaryl/α,β-unsaturated/α-hetero) is 2. The van der Waals surface area contributed by atoms with Crippen molar-refractivity contribution in [2.45, 2.75) is 189 Å². The van der Waals surface area contributed by atoms with Crippen LogP contribution in [0.3, 0.4) is 0 Å². The smallest absolute Gasteiger partial charge is 0.450 e. The van der Waals surface area contributed by atoms with Gasteiger partial charge in [0.05, 0.1) is 17.7 Å². The van der Waals surface area contributed by atoms with E-state index in [1.54, 1.807) is 90.1 Å². The summed E-state index contributed by atoms with van der Waals surface area (Å²) in [6.45, 7) is 20.9. The van der Waals surface area contributed by atoms with Crippen molar-refractivity contribution >= 4 is 65.6 Å². The molecule has 2 aliphatic rings. The van der Waals surface area contributed by atoms with Crippen LogP contribution in [0.4, 0.5) is 8.78 Å². The third-order valence-electron chi connectivity index (χ3n) is 18.9. The molecule has 0 spiro atoms. The maximum atomic E-state index is 15.7. The molecular weight excluding hydrogens is 1230 g/mol. The number of amides is 6. The zero-order valence-electron chi connectivity index (χ0n) is 59.0. The van der Waals surface area contributed by atoms with Gasteiger partial charge in [0.1, 0.15) is 29.8 Å². The van der Waals surface area contributed by atoms with E-state index < -0.39 is 143 Å². The van der Waals surface area contributed by atoms with Crippen LogP contribution in [0.25, 0.3) is 11.1 Å². The fraction of sp³-hybridized carbons (Fsp3) is 0.554. The van der Waals surface area contributed by atoms with Crippen LogP contribution < -0.4 is 10.8 Å². The Hall–Kier alpha value is -7.69. The van der Waals surface area contributed by atoms with E-state index in [1.165, 1.54) is 92.0 Å². The SMILES string of the molecule is CCC(C)[C@@H]1CC(=O)[C@@H]2CCCN2C(=O)[C@H](Cc2cccc(-c3cccc(F)c3)c2)N(C)C(=O)[C@H](Cc2ccccc2)NC(=O)[C@H](C(C)C)N(C)C(=O)[C@@H](C(C)CC)OC(=O)[C@H](C(C)(C)O)N(C)C(=O)C(CC(C)C)CC(=O)[C@H](C(C)C)N(C)C1=O.OB(O)c1cccc(F)c1. The van der Waals surface area contributed by atoms with Crippen LogP contribution in [0.2, 0.25) is 0 Å². The number of esters is 1. The molecule has 0 saturated carbocycles. The number of rotatable bonds is 15. The van der Waals surface area contributed by atoms with Gasteiger partial charge in [0.2, 0.25) is 29.5 Å². The van der Waals surface area contributed by atoms with Gasteiger partial charge in [-0.3, -0.25) is 38.4 Å². The van der Waals surface area contributed by atoms with E-state index in [4.69, 9.17) is 14.8 Å². The van der Waals surface area contributed by atoms with E-state index in [2.05, 4.69) is 5.32 Å². The molecule has 4 aromatic carbocycles. The Morgan fingerprint density at radius 1 is 0.604 bits per heavy atom. The lowest BCUT2D eigenvalue weighted by Crippen LogP contribution is -2.61. The predicted molar refractivity (Wildman–Crippen MR) is 365 cm³/mol. The highest BCUT2D eigenvalue weighted by molar-refractivity contribution is 6.58. The summed E-state index contributed by atoms with van der Waals surface area (Å²) in [5.74, 6) is -10.7. The van der Waals surface area contributed by atoms with Crippen molar-refractivity contribution in [3.8, 4) is 11.1 Å². The Labute approximate surface area is 566 Å². The third kappa shape index (κ3) is 20.7. The highest BCUT2D eigenvalue weighted by Crippen LogP contribution is 2.33. The Bertz CT molecular complexity index is 3330. The molecule has 0 bridgehead atoms. The van der Waals surface area contributed by atoms with Crippen LogP contribution in [-0.2, 0) is 60.7 Å². The van der Waals surface area contributed by atoms with Gasteiger partial charge in [-0.25, -0.2) is 13.6 Å². The highest BCUT2D eigenvalue weighted by atomic mass is 19.1. The molecule has 11 atom stereocenters.